The minimum atomic E-state index is 0.0332. The molecular formula is C14H23N2. The first kappa shape index (κ1) is 11.7. The molecule has 16 heavy (non-hydrogen) atoms. The summed E-state index contributed by atoms with van der Waals surface area (Å²) in [5.74, 6) is 0. The van der Waals surface area contributed by atoms with E-state index < -0.39 is 0 Å². The molecule has 2 aliphatic rings. The van der Waals surface area contributed by atoms with Crippen LogP contribution in [0.25, 0.3) is 0 Å². The van der Waals surface area contributed by atoms with Crippen molar-refractivity contribution < 1.29 is 0 Å². The molecule has 89 valence electrons. The first-order valence-electron chi connectivity index (χ1n) is 6.31. The number of allylic oxidation sites excluding steroid dienone is 3. The summed E-state index contributed by atoms with van der Waals surface area (Å²) in [6.45, 7) is 10.2. The molecule has 0 amide bonds. The van der Waals surface area contributed by atoms with Crippen molar-refractivity contribution in [2.45, 2.75) is 32.6 Å². The second-order valence-corrected chi connectivity index (χ2v) is 5.47. The maximum absolute atomic E-state index is 5.92. The minimum Gasteiger partial charge on any atom is -0.399 e. The van der Waals surface area contributed by atoms with E-state index in [1.807, 2.05) is 0 Å². The summed E-state index contributed by atoms with van der Waals surface area (Å²) in [7, 11) is 0. The lowest BCUT2D eigenvalue weighted by molar-refractivity contribution is 0.285. The molecule has 0 aromatic carbocycles. The van der Waals surface area contributed by atoms with Crippen molar-refractivity contribution in [1.29, 1.82) is 0 Å². The summed E-state index contributed by atoms with van der Waals surface area (Å²) >= 11 is 0. The first-order valence-corrected chi connectivity index (χ1v) is 6.31. The number of nitrogens with zero attached hydrogens (tertiary/aromatic N) is 1. The SMILES string of the molecule is [CH2]C1(CCN2CCCC2)C=C(N)C=C(C)C1. The maximum atomic E-state index is 5.92. The average Bonchev–Trinajstić information content (AvgIpc) is 2.64. The highest BCUT2D eigenvalue weighted by atomic mass is 15.1. The third-order valence-corrected chi connectivity index (χ3v) is 3.64. The zero-order chi connectivity index (χ0) is 11.6. The van der Waals surface area contributed by atoms with Gasteiger partial charge in [0.05, 0.1) is 0 Å². The lowest BCUT2D eigenvalue weighted by Crippen LogP contribution is -2.28. The van der Waals surface area contributed by atoms with Gasteiger partial charge in [0, 0.05) is 5.70 Å². The number of likely N-dealkylation sites (tertiary alicyclic amines) is 1. The molecule has 0 saturated carbocycles. The van der Waals surface area contributed by atoms with Crippen molar-refractivity contribution in [3.8, 4) is 0 Å². The monoisotopic (exact) mass is 219 g/mol. The van der Waals surface area contributed by atoms with Gasteiger partial charge in [-0.1, -0.05) is 11.6 Å². The van der Waals surface area contributed by atoms with Crippen LogP contribution >= 0.6 is 0 Å². The van der Waals surface area contributed by atoms with Crippen LogP contribution in [-0.2, 0) is 0 Å². The number of nitrogens with two attached hydrogens (primary N) is 1. The molecule has 0 aromatic heterocycles. The first-order chi connectivity index (χ1) is 7.57. The van der Waals surface area contributed by atoms with Crippen LogP contribution in [0, 0.1) is 12.3 Å². The fraction of sp³-hybridized carbons (Fsp3) is 0.643. The van der Waals surface area contributed by atoms with Gasteiger partial charge >= 0.3 is 0 Å². The Bertz CT molecular complexity index is 311. The Kier molecular flexibility index (Phi) is 3.38. The Morgan fingerprint density at radius 1 is 1.44 bits per heavy atom. The van der Waals surface area contributed by atoms with Gasteiger partial charge in [0.1, 0.15) is 0 Å². The van der Waals surface area contributed by atoms with Gasteiger partial charge in [-0.05, 0) is 70.7 Å². The Hall–Kier alpha value is -0.760. The van der Waals surface area contributed by atoms with Crippen molar-refractivity contribution in [2.75, 3.05) is 19.6 Å². The van der Waals surface area contributed by atoms with Crippen LogP contribution in [0.1, 0.15) is 32.6 Å². The van der Waals surface area contributed by atoms with E-state index in [-0.39, 0.29) is 5.41 Å². The summed E-state index contributed by atoms with van der Waals surface area (Å²) in [4.78, 5) is 2.55. The van der Waals surface area contributed by atoms with Crippen LogP contribution < -0.4 is 5.73 Å². The topological polar surface area (TPSA) is 29.3 Å². The predicted octanol–water partition coefficient (Wildman–Crippen LogP) is 2.49. The van der Waals surface area contributed by atoms with Gasteiger partial charge < -0.3 is 10.6 Å². The zero-order valence-electron chi connectivity index (χ0n) is 10.3. The maximum Gasteiger partial charge on any atom is 0.0278 e. The second-order valence-electron chi connectivity index (χ2n) is 5.47. The largest absolute Gasteiger partial charge is 0.399 e. The van der Waals surface area contributed by atoms with Crippen LogP contribution in [0.15, 0.2) is 23.4 Å². The molecule has 2 rings (SSSR count). The summed E-state index contributed by atoms with van der Waals surface area (Å²) in [6.07, 6.45) is 9.12. The zero-order valence-corrected chi connectivity index (χ0v) is 10.3. The quantitative estimate of drug-likeness (QED) is 0.790. The van der Waals surface area contributed by atoms with Crippen molar-refractivity contribution in [3.05, 3.63) is 30.3 Å². The van der Waals surface area contributed by atoms with Crippen molar-refractivity contribution in [3.63, 3.8) is 0 Å². The normalized spacial score (nSPS) is 31.4. The van der Waals surface area contributed by atoms with E-state index in [1.165, 1.54) is 38.0 Å². The third-order valence-electron chi connectivity index (χ3n) is 3.64. The molecule has 1 aliphatic carbocycles. The van der Waals surface area contributed by atoms with Gasteiger partial charge in [-0.3, -0.25) is 0 Å². The molecule has 2 nitrogen and oxygen atoms in total. The molecule has 0 aromatic rings. The Morgan fingerprint density at radius 2 is 2.12 bits per heavy atom. The van der Waals surface area contributed by atoms with Crippen LogP contribution in [-0.4, -0.2) is 24.5 Å². The Balaban J connectivity index is 1.90. The number of hydrogen-bond acceptors (Lipinski definition) is 2. The van der Waals surface area contributed by atoms with Crippen LogP contribution in [0.5, 0.6) is 0 Å². The van der Waals surface area contributed by atoms with Gasteiger partial charge in [0.25, 0.3) is 0 Å². The molecule has 1 radical (unpaired) electrons. The summed E-state index contributed by atoms with van der Waals surface area (Å²) in [5.41, 5.74) is 8.20. The van der Waals surface area contributed by atoms with Gasteiger partial charge in [0.15, 0.2) is 0 Å². The average molecular weight is 219 g/mol. The van der Waals surface area contributed by atoms with Gasteiger partial charge in [-0.2, -0.15) is 0 Å². The van der Waals surface area contributed by atoms with Crippen molar-refractivity contribution in [2.24, 2.45) is 11.1 Å². The van der Waals surface area contributed by atoms with Crippen molar-refractivity contribution >= 4 is 0 Å². The van der Waals surface area contributed by atoms with Gasteiger partial charge in [0.2, 0.25) is 0 Å². The van der Waals surface area contributed by atoms with E-state index >= 15 is 0 Å². The lowest BCUT2D eigenvalue weighted by Gasteiger charge is -2.31. The van der Waals surface area contributed by atoms with Gasteiger partial charge in [-0.25, -0.2) is 0 Å². The second kappa shape index (κ2) is 4.62. The Labute approximate surface area is 99.2 Å². The minimum absolute atomic E-state index is 0.0332. The molecule has 1 saturated heterocycles. The third kappa shape index (κ3) is 2.88. The highest BCUT2D eigenvalue weighted by Gasteiger charge is 2.26. The van der Waals surface area contributed by atoms with Gasteiger partial charge in [-0.15, -0.1) is 0 Å². The molecule has 2 heteroatoms. The predicted molar refractivity (Wildman–Crippen MR) is 68.7 cm³/mol. The van der Waals surface area contributed by atoms with E-state index in [1.54, 1.807) is 0 Å². The highest BCUT2D eigenvalue weighted by Crippen LogP contribution is 2.35. The molecule has 0 spiro atoms. The molecule has 1 unspecified atom stereocenters. The van der Waals surface area contributed by atoms with E-state index in [0.29, 0.717) is 0 Å². The summed E-state index contributed by atoms with van der Waals surface area (Å²) < 4.78 is 0. The van der Waals surface area contributed by atoms with Crippen LogP contribution in [0.4, 0.5) is 0 Å². The van der Waals surface area contributed by atoms with Crippen LogP contribution in [0.2, 0.25) is 0 Å². The molecular weight excluding hydrogens is 196 g/mol. The van der Waals surface area contributed by atoms with Crippen molar-refractivity contribution in [1.82, 2.24) is 4.90 Å². The summed E-state index contributed by atoms with van der Waals surface area (Å²) in [6, 6.07) is 0. The fourth-order valence-electron chi connectivity index (χ4n) is 2.88. The molecule has 0 bridgehead atoms. The highest BCUT2D eigenvalue weighted by molar-refractivity contribution is 5.30. The smallest absolute Gasteiger partial charge is 0.0278 e. The van der Waals surface area contributed by atoms with E-state index in [4.69, 9.17) is 5.73 Å². The molecule has 1 heterocycles. The number of hydrogen-bond donors (Lipinski definition) is 1. The molecule has 1 atom stereocenters. The van der Waals surface area contributed by atoms with E-state index in [2.05, 4.69) is 30.9 Å². The van der Waals surface area contributed by atoms with E-state index in [0.717, 1.165) is 18.5 Å². The molecule has 1 aliphatic heterocycles. The lowest BCUT2D eigenvalue weighted by atomic mass is 9.77. The van der Waals surface area contributed by atoms with Crippen LogP contribution in [0.3, 0.4) is 0 Å². The molecule has 2 N–H and O–H groups in total. The number of rotatable bonds is 3. The fourth-order valence-corrected chi connectivity index (χ4v) is 2.88. The summed E-state index contributed by atoms with van der Waals surface area (Å²) in [5, 5.41) is 0. The standard InChI is InChI=1S/C14H23N2/c1-12-9-13(15)11-14(2,10-12)5-8-16-6-3-4-7-16/h9,11H,2-8,10,15H2,1H3. The van der Waals surface area contributed by atoms with E-state index in [9.17, 15) is 0 Å². The Morgan fingerprint density at radius 3 is 2.75 bits per heavy atom. The molecule has 1 fully saturated rings.